The average molecular weight is 376 g/mol. The van der Waals surface area contributed by atoms with E-state index < -0.39 is 0 Å². The first-order valence-corrected chi connectivity index (χ1v) is 8.77. The van der Waals surface area contributed by atoms with Gasteiger partial charge in [-0.05, 0) is 38.7 Å². The van der Waals surface area contributed by atoms with Gasteiger partial charge >= 0.3 is 0 Å². The van der Waals surface area contributed by atoms with Crippen LogP contribution in [-0.4, -0.2) is 49.3 Å². The molecule has 0 unspecified atom stereocenters. The Hall–Kier alpha value is -0.680. The van der Waals surface area contributed by atoms with E-state index in [0.29, 0.717) is 11.8 Å². The molecule has 1 saturated carbocycles. The summed E-state index contributed by atoms with van der Waals surface area (Å²) < 4.78 is 0. The lowest BCUT2D eigenvalue weighted by Gasteiger charge is -2.36. The first-order chi connectivity index (χ1) is 10.7. The molecule has 0 bridgehead atoms. The van der Waals surface area contributed by atoms with Crippen LogP contribution in [0.15, 0.2) is 18.2 Å². The van der Waals surface area contributed by atoms with Gasteiger partial charge in [0.05, 0.1) is 0 Å². The van der Waals surface area contributed by atoms with Crippen LogP contribution in [0.1, 0.15) is 38.3 Å². The van der Waals surface area contributed by atoms with Crippen molar-refractivity contribution in [3.8, 4) is 5.75 Å². The zero-order valence-corrected chi connectivity index (χ0v) is 16.3. The van der Waals surface area contributed by atoms with Crippen molar-refractivity contribution in [2.45, 2.75) is 32.7 Å². The van der Waals surface area contributed by atoms with Crippen LogP contribution in [0.5, 0.6) is 5.75 Å². The molecule has 1 saturated heterocycles. The lowest BCUT2D eigenvalue weighted by atomic mass is 9.98. The Morgan fingerprint density at radius 2 is 1.79 bits per heavy atom. The molecule has 1 aromatic carbocycles. The highest BCUT2D eigenvalue weighted by atomic mass is 35.5. The van der Waals surface area contributed by atoms with E-state index in [4.69, 9.17) is 0 Å². The molecule has 4 nitrogen and oxygen atoms in total. The largest absolute Gasteiger partial charge is 0.508 e. The minimum atomic E-state index is 0. The Labute approximate surface area is 158 Å². The maximum atomic E-state index is 10.6. The molecule has 1 aliphatic heterocycles. The molecule has 6 heteroatoms. The van der Waals surface area contributed by atoms with Crippen molar-refractivity contribution in [1.82, 2.24) is 10.2 Å². The van der Waals surface area contributed by atoms with Crippen molar-refractivity contribution in [3.05, 3.63) is 23.8 Å². The number of nitrogens with one attached hydrogen (secondary N) is 1. The fourth-order valence-corrected chi connectivity index (χ4v) is 3.69. The molecule has 1 heterocycles. The van der Waals surface area contributed by atoms with Crippen molar-refractivity contribution >= 4 is 30.5 Å². The molecule has 138 valence electrons. The third-order valence-corrected chi connectivity index (χ3v) is 5.07. The summed E-state index contributed by atoms with van der Waals surface area (Å²) in [5, 5.41) is 14.1. The van der Waals surface area contributed by atoms with E-state index in [1.165, 1.54) is 12.8 Å². The third kappa shape index (κ3) is 4.69. The zero-order valence-electron chi connectivity index (χ0n) is 14.7. The van der Waals surface area contributed by atoms with E-state index in [1.807, 2.05) is 6.07 Å². The van der Waals surface area contributed by atoms with Crippen LogP contribution >= 0.6 is 24.8 Å². The molecule has 0 aromatic heterocycles. The molecular formula is C18H31Cl2N3O. The molecule has 0 radical (unpaired) electrons. The van der Waals surface area contributed by atoms with Crippen LogP contribution in [0.4, 0.5) is 5.69 Å². The number of halogens is 2. The van der Waals surface area contributed by atoms with Gasteiger partial charge in [0.1, 0.15) is 5.75 Å². The van der Waals surface area contributed by atoms with E-state index in [2.05, 4.69) is 41.1 Å². The third-order valence-electron chi connectivity index (χ3n) is 5.07. The van der Waals surface area contributed by atoms with Crippen LogP contribution < -0.4 is 10.2 Å². The second-order valence-electron chi connectivity index (χ2n) is 6.48. The predicted octanol–water partition coefficient (Wildman–Crippen LogP) is 3.44. The van der Waals surface area contributed by atoms with Crippen LogP contribution in [0.25, 0.3) is 0 Å². The summed E-state index contributed by atoms with van der Waals surface area (Å²) >= 11 is 0. The van der Waals surface area contributed by atoms with Gasteiger partial charge in [0.2, 0.25) is 0 Å². The number of hydrogen-bond donors (Lipinski definition) is 2. The molecule has 24 heavy (non-hydrogen) atoms. The van der Waals surface area contributed by atoms with Gasteiger partial charge in [-0.2, -0.15) is 0 Å². The van der Waals surface area contributed by atoms with Gasteiger partial charge in [-0.3, -0.25) is 4.90 Å². The average Bonchev–Trinajstić information content (AvgIpc) is 3.37. The summed E-state index contributed by atoms with van der Waals surface area (Å²) in [6.45, 7) is 10.5. The Morgan fingerprint density at radius 1 is 1.17 bits per heavy atom. The van der Waals surface area contributed by atoms with Crippen LogP contribution in [0, 0.1) is 5.92 Å². The topological polar surface area (TPSA) is 38.7 Å². The summed E-state index contributed by atoms with van der Waals surface area (Å²) in [5.41, 5.74) is 2.25. The van der Waals surface area contributed by atoms with E-state index in [9.17, 15) is 5.11 Å². The normalized spacial score (nSPS) is 19.1. The Bertz CT molecular complexity index is 501. The number of piperazine rings is 1. The second kappa shape index (κ2) is 9.71. The minimum Gasteiger partial charge on any atom is -0.508 e. The molecule has 1 atom stereocenters. The maximum Gasteiger partial charge on any atom is 0.122 e. The Morgan fingerprint density at radius 3 is 2.29 bits per heavy atom. The highest BCUT2D eigenvalue weighted by molar-refractivity contribution is 5.85. The SMILES string of the molecule is CCN(CC)c1ccc([C@@H](C2CC2)N2CCNCC2)c(O)c1.Cl.Cl. The number of phenolic OH excluding ortho intramolecular Hbond substituents is 1. The summed E-state index contributed by atoms with van der Waals surface area (Å²) in [4.78, 5) is 4.83. The van der Waals surface area contributed by atoms with Gasteiger partial charge in [0.15, 0.2) is 0 Å². The predicted molar refractivity (Wildman–Crippen MR) is 106 cm³/mol. The van der Waals surface area contributed by atoms with Gasteiger partial charge in [0, 0.05) is 62.6 Å². The minimum absolute atomic E-state index is 0. The number of anilines is 1. The zero-order chi connectivity index (χ0) is 15.5. The molecule has 1 aromatic rings. The molecule has 3 rings (SSSR count). The monoisotopic (exact) mass is 375 g/mol. The van der Waals surface area contributed by atoms with E-state index in [-0.39, 0.29) is 24.8 Å². The highest BCUT2D eigenvalue weighted by Crippen LogP contribution is 2.47. The first-order valence-electron chi connectivity index (χ1n) is 8.77. The lowest BCUT2D eigenvalue weighted by Crippen LogP contribution is -2.45. The van der Waals surface area contributed by atoms with Crippen molar-refractivity contribution in [1.29, 1.82) is 0 Å². The van der Waals surface area contributed by atoms with E-state index in [1.54, 1.807) is 0 Å². The van der Waals surface area contributed by atoms with Crippen LogP contribution in [-0.2, 0) is 0 Å². The van der Waals surface area contributed by atoms with Crippen molar-refractivity contribution in [2.24, 2.45) is 5.92 Å². The molecule has 2 N–H and O–H groups in total. The Kier molecular flexibility index (Phi) is 8.65. The maximum absolute atomic E-state index is 10.6. The van der Waals surface area contributed by atoms with E-state index in [0.717, 1.165) is 56.4 Å². The van der Waals surface area contributed by atoms with Gasteiger partial charge in [0.25, 0.3) is 0 Å². The van der Waals surface area contributed by atoms with Gasteiger partial charge in [-0.15, -0.1) is 24.8 Å². The van der Waals surface area contributed by atoms with Gasteiger partial charge < -0.3 is 15.3 Å². The molecular weight excluding hydrogens is 345 g/mol. The van der Waals surface area contributed by atoms with Crippen molar-refractivity contribution < 1.29 is 5.11 Å². The molecule has 2 fully saturated rings. The number of benzene rings is 1. The molecule has 0 spiro atoms. The van der Waals surface area contributed by atoms with Crippen LogP contribution in [0.3, 0.4) is 0 Å². The van der Waals surface area contributed by atoms with Gasteiger partial charge in [-0.1, -0.05) is 6.07 Å². The smallest absolute Gasteiger partial charge is 0.122 e. The molecule has 2 aliphatic rings. The molecule has 1 aliphatic carbocycles. The fourth-order valence-electron chi connectivity index (χ4n) is 3.69. The first kappa shape index (κ1) is 21.4. The highest BCUT2D eigenvalue weighted by Gasteiger charge is 2.38. The Balaban J connectivity index is 0.00000144. The second-order valence-corrected chi connectivity index (χ2v) is 6.48. The lowest BCUT2D eigenvalue weighted by molar-refractivity contribution is 0.153. The molecule has 0 amide bonds. The summed E-state index contributed by atoms with van der Waals surface area (Å²) in [6, 6.07) is 6.70. The quantitative estimate of drug-likeness (QED) is 0.798. The van der Waals surface area contributed by atoms with Crippen molar-refractivity contribution in [2.75, 3.05) is 44.2 Å². The van der Waals surface area contributed by atoms with Crippen molar-refractivity contribution in [3.63, 3.8) is 0 Å². The standard InChI is InChI=1S/C18H29N3O.2ClH/c1-3-20(4-2)15-7-8-16(17(22)13-15)18(14-5-6-14)21-11-9-19-10-12-21;;/h7-8,13-14,18-19,22H,3-6,9-12H2,1-2H3;2*1H/t18-;;/m1../s1. The number of rotatable bonds is 6. The number of hydrogen-bond acceptors (Lipinski definition) is 4. The number of aromatic hydroxyl groups is 1. The summed E-state index contributed by atoms with van der Waals surface area (Å²) in [6.07, 6.45) is 2.59. The van der Waals surface area contributed by atoms with Gasteiger partial charge in [-0.25, -0.2) is 0 Å². The summed E-state index contributed by atoms with van der Waals surface area (Å²) in [7, 11) is 0. The summed E-state index contributed by atoms with van der Waals surface area (Å²) in [5.74, 6) is 1.20. The fraction of sp³-hybridized carbons (Fsp3) is 0.667. The van der Waals surface area contributed by atoms with Crippen LogP contribution in [0.2, 0.25) is 0 Å². The number of phenols is 1. The van der Waals surface area contributed by atoms with E-state index >= 15 is 0 Å². The number of nitrogens with zero attached hydrogens (tertiary/aromatic N) is 2.